The van der Waals surface area contributed by atoms with Crippen LogP contribution in [0, 0.1) is 6.92 Å². The lowest BCUT2D eigenvalue weighted by atomic mass is 9.94. The number of hydrogen-bond donors (Lipinski definition) is 0. The summed E-state index contributed by atoms with van der Waals surface area (Å²) in [4.78, 5) is 6.74. The monoisotopic (exact) mass is 470 g/mol. The first kappa shape index (κ1) is 20.2. The third-order valence-corrected chi connectivity index (χ3v) is 6.39. The van der Waals surface area contributed by atoms with E-state index >= 15 is 0 Å². The van der Waals surface area contributed by atoms with E-state index in [1.54, 1.807) is 13.2 Å². The van der Waals surface area contributed by atoms with Gasteiger partial charge in [0.1, 0.15) is 10.9 Å². The maximum atomic E-state index is 6.70. The van der Waals surface area contributed by atoms with Gasteiger partial charge in [-0.25, -0.2) is 9.67 Å². The lowest BCUT2D eigenvalue weighted by molar-refractivity contribution is 0.409. The van der Waals surface area contributed by atoms with Gasteiger partial charge in [-0.05, 0) is 42.8 Å². The van der Waals surface area contributed by atoms with Gasteiger partial charge >= 0.3 is 0 Å². The number of amidine groups is 1. The highest BCUT2D eigenvalue weighted by atomic mass is 35.5. The van der Waals surface area contributed by atoms with Gasteiger partial charge in [0, 0.05) is 5.56 Å². The van der Waals surface area contributed by atoms with Crippen LogP contribution in [0.3, 0.4) is 0 Å². The highest BCUT2D eigenvalue weighted by molar-refractivity contribution is 6.49. The predicted octanol–water partition coefficient (Wildman–Crippen LogP) is 6.41. The molecule has 0 saturated carbocycles. The summed E-state index contributed by atoms with van der Waals surface area (Å²) in [5, 5.41) is 5.93. The van der Waals surface area contributed by atoms with Gasteiger partial charge in [0.15, 0.2) is 11.7 Å². The van der Waals surface area contributed by atoms with Gasteiger partial charge < -0.3 is 9.64 Å². The van der Waals surface area contributed by atoms with E-state index < -0.39 is 0 Å². The summed E-state index contributed by atoms with van der Waals surface area (Å²) in [5.41, 5.74) is 3.62. The van der Waals surface area contributed by atoms with Gasteiger partial charge in [-0.1, -0.05) is 65.1 Å². The summed E-state index contributed by atoms with van der Waals surface area (Å²) in [5.74, 6) is 1.96. The Morgan fingerprint density at radius 2 is 1.77 bits per heavy atom. The molecule has 0 saturated heterocycles. The van der Waals surface area contributed by atoms with Gasteiger partial charge in [0.25, 0.3) is 0 Å². The van der Waals surface area contributed by atoms with E-state index in [0.29, 0.717) is 26.9 Å². The van der Waals surface area contributed by atoms with Crippen molar-refractivity contribution in [1.82, 2.24) is 14.7 Å². The van der Waals surface area contributed by atoms with Crippen LogP contribution in [0.5, 0.6) is 5.75 Å². The summed E-state index contributed by atoms with van der Waals surface area (Å²) < 4.78 is 7.30. The second-order valence-corrected chi connectivity index (χ2v) is 8.36. The van der Waals surface area contributed by atoms with Crippen molar-refractivity contribution in [2.75, 3.05) is 7.11 Å². The van der Waals surface area contributed by atoms with Crippen LogP contribution in [0.2, 0.25) is 0 Å². The zero-order valence-corrected chi connectivity index (χ0v) is 18.9. The van der Waals surface area contributed by atoms with Gasteiger partial charge in [-0.2, -0.15) is 5.10 Å². The average Bonchev–Trinajstić information content (AvgIpc) is 3.13. The smallest absolute Gasteiger partial charge is 0.164 e. The van der Waals surface area contributed by atoms with Crippen LogP contribution < -0.4 is 4.74 Å². The molecule has 0 spiro atoms. The quantitative estimate of drug-likeness (QED) is 0.415. The molecule has 0 unspecified atom stereocenters. The fourth-order valence-corrected chi connectivity index (χ4v) is 4.69. The number of allylic oxidation sites excluding steroid dienone is 2. The number of fused-ring (bicyclic) bond motifs is 2. The number of nitrogens with zero attached hydrogens (tertiary/aromatic N) is 4. The maximum Gasteiger partial charge on any atom is 0.164 e. The van der Waals surface area contributed by atoms with E-state index in [9.17, 15) is 0 Å². The second kappa shape index (κ2) is 7.75. The molecule has 5 rings (SSSR count). The number of halogens is 3. The van der Waals surface area contributed by atoms with Gasteiger partial charge in [0.2, 0.25) is 0 Å². The van der Waals surface area contributed by atoms with Gasteiger partial charge in [-0.3, -0.25) is 0 Å². The van der Waals surface area contributed by atoms with Crippen LogP contribution in [0.25, 0.3) is 5.69 Å². The molecular formula is C23H17Cl3N4O. The first-order valence-electron chi connectivity index (χ1n) is 9.59. The van der Waals surface area contributed by atoms with Crippen molar-refractivity contribution in [1.29, 1.82) is 0 Å². The minimum absolute atomic E-state index is 0.334. The molecule has 0 radical (unpaired) electrons. The molecule has 0 amide bonds. The molecule has 1 atom stereocenters. The van der Waals surface area contributed by atoms with E-state index in [-0.39, 0.29) is 6.04 Å². The van der Waals surface area contributed by atoms with E-state index in [0.717, 1.165) is 28.3 Å². The Morgan fingerprint density at radius 1 is 1.00 bits per heavy atom. The first-order chi connectivity index (χ1) is 15.0. The summed E-state index contributed by atoms with van der Waals surface area (Å²) >= 11 is 19.7. The molecule has 0 bridgehead atoms. The highest BCUT2D eigenvalue weighted by Gasteiger charge is 2.40. The molecule has 2 aliphatic rings. The fraction of sp³-hybridized carbons (Fsp3) is 0.130. The lowest BCUT2D eigenvalue weighted by Gasteiger charge is -2.39. The van der Waals surface area contributed by atoms with E-state index in [2.05, 4.69) is 0 Å². The SMILES string of the molecule is COc1cccc([C@H]2c3c(C)nn(-c4ccccc4)c3N=C3C(Cl)=CC(Cl)=C(Cl)N32)c1. The van der Waals surface area contributed by atoms with Crippen LogP contribution in [-0.4, -0.2) is 27.6 Å². The number of para-hydroxylation sites is 1. The molecule has 1 aromatic heterocycles. The first-order valence-corrected chi connectivity index (χ1v) is 10.7. The summed E-state index contributed by atoms with van der Waals surface area (Å²) in [6.07, 6.45) is 1.62. The van der Waals surface area contributed by atoms with Crippen molar-refractivity contribution in [2.24, 2.45) is 4.99 Å². The van der Waals surface area contributed by atoms with Crippen molar-refractivity contribution in [3.8, 4) is 11.4 Å². The largest absolute Gasteiger partial charge is 0.497 e. The molecule has 0 fully saturated rings. The van der Waals surface area contributed by atoms with E-state index in [1.165, 1.54) is 0 Å². The number of hydrogen-bond acceptors (Lipinski definition) is 4. The van der Waals surface area contributed by atoms with Gasteiger partial charge in [-0.15, -0.1) is 0 Å². The predicted molar refractivity (Wildman–Crippen MR) is 125 cm³/mol. The second-order valence-electron chi connectivity index (χ2n) is 7.19. The number of aryl methyl sites for hydroxylation is 1. The normalized spacial score (nSPS) is 17.7. The molecule has 3 heterocycles. The van der Waals surface area contributed by atoms with Crippen molar-refractivity contribution in [2.45, 2.75) is 13.0 Å². The van der Waals surface area contributed by atoms with Crippen LogP contribution in [0.1, 0.15) is 22.9 Å². The molecule has 0 aliphatic carbocycles. The molecule has 3 aromatic rings. The fourth-order valence-electron chi connectivity index (χ4n) is 3.96. The number of rotatable bonds is 3. The minimum Gasteiger partial charge on any atom is -0.497 e. The highest BCUT2D eigenvalue weighted by Crippen LogP contribution is 2.48. The minimum atomic E-state index is -0.334. The Labute approximate surface area is 194 Å². The molecule has 156 valence electrons. The van der Waals surface area contributed by atoms with Crippen molar-refractivity contribution in [3.05, 3.63) is 92.7 Å². The lowest BCUT2D eigenvalue weighted by Crippen LogP contribution is -2.38. The number of aliphatic imine (C=N–C) groups is 1. The number of ether oxygens (including phenoxy) is 1. The van der Waals surface area contributed by atoms with Crippen molar-refractivity contribution in [3.63, 3.8) is 0 Å². The Balaban J connectivity index is 1.81. The summed E-state index contributed by atoms with van der Waals surface area (Å²) in [6, 6.07) is 17.4. The Morgan fingerprint density at radius 3 is 2.52 bits per heavy atom. The summed E-state index contributed by atoms with van der Waals surface area (Å²) in [6.45, 7) is 1.96. The Bertz CT molecular complexity index is 1280. The zero-order valence-electron chi connectivity index (χ0n) is 16.7. The molecule has 0 N–H and O–H groups in total. The van der Waals surface area contributed by atoms with Crippen LogP contribution in [0.15, 0.2) is 80.9 Å². The average molecular weight is 472 g/mol. The third-order valence-electron chi connectivity index (χ3n) is 5.34. The molecule has 5 nitrogen and oxygen atoms in total. The van der Waals surface area contributed by atoms with Gasteiger partial charge in [0.05, 0.1) is 34.6 Å². The molecule has 8 heteroatoms. The molecule has 31 heavy (non-hydrogen) atoms. The van der Waals surface area contributed by atoms with Crippen molar-refractivity contribution < 1.29 is 4.74 Å². The topological polar surface area (TPSA) is 42.6 Å². The number of methoxy groups -OCH3 is 1. The van der Waals surface area contributed by atoms with Crippen molar-refractivity contribution >= 4 is 46.5 Å². The van der Waals surface area contributed by atoms with E-state index in [1.807, 2.05) is 71.1 Å². The molecule has 2 aliphatic heterocycles. The number of benzene rings is 2. The van der Waals surface area contributed by atoms with Crippen LogP contribution in [-0.2, 0) is 0 Å². The standard InChI is InChI=1S/C23H17Cl3N4O/c1-13-19-20(14-7-6-10-16(11-14)31-2)29-21(26)17(24)12-18(25)22(29)27-23(19)30(28-13)15-8-4-3-5-9-15/h3-12,20H,1-2H3/t20-/m0/s1. The molecular weight excluding hydrogens is 455 g/mol. The molecule has 2 aromatic carbocycles. The summed E-state index contributed by atoms with van der Waals surface area (Å²) in [7, 11) is 1.64. The maximum absolute atomic E-state index is 6.70. The number of aromatic nitrogens is 2. The van der Waals surface area contributed by atoms with Crippen LogP contribution >= 0.6 is 34.8 Å². The third kappa shape index (κ3) is 3.24. The van der Waals surface area contributed by atoms with Crippen LogP contribution in [0.4, 0.5) is 5.82 Å². The Hall–Kier alpha value is -2.73. The van der Waals surface area contributed by atoms with E-state index in [4.69, 9.17) is 49.6 Å². The zero-order chi connectivity index (χ0) is 21.7. The Kier molecular flexibility index (Phi) is 5.05.